The van der Waals surface area contributed by atoms with E-state index in [0.29, 0.717) is 5.92 Å². The van der Waals surface area contributed by atoms with Crippen LogP contribution < -0.4 is 0 Å². The van der Waals surface area contributed by atoms with E-state index in [2.05, 4.69) is 57.2 Å². The fourth-order valence-corrected chi connectivity index (χ4v) is 4.23. The molecule has 2 aliphatic rings. The van der Waals surface area contributed by atoms with Gasteiger partial charge in [-0.1, -0.05) is 69.9 Å². The second kappa shape index (κ2) is 7.41. The van der Waals surface area contributed by atoms with Crippen molar-refractivity contribution in [3.8, 4) is 0 Å². The Labute approximate surface area is 147 Å². The molecule has 1 spiro atoms. The molecule has 132 valence electrons. The highest BCUT2D eigenvalue weighted by Gasteiger charge is 2.52. The van der Waals surface area contributed by atoms with Crippen LogP contribution in [0.4, 0.5) is 0 Å². The van der Waals surface area contributed by atoms with Crippen LogP contribution >= 0.6 is 0 Å². The number of unbranched alkanes of at least 4 members (excludes halogenated alkanes) is 2. The Balaban J connectivity index is 1.76. The summed E-state index contributed by atoms with van der Waals surface area (Å²) in [6.45, 7) is 7.47. The third-order valence-corrected chi connectivity index (χ3v) is 5.66. The van der Waals surface area contributed by atoms with Crippen LogP contribution in [0.2, 0.25) is 0 Å². The van der Waals surface area contributed by atoms with Gasteiger partial charge in [-0.2, -0.15) is 0 Å². The summed E-state index contributed by atoms with van der Waals surface area (Å²) >= 11 is 0. The van der Waals surface area contributed by atoms with E-state index < -0.39 is 5.79 Å². The smallest absolute Gasteiger partial charge is 0.192 e. The van der Waals surface area contributed by atoms with Crippen molar-refractivity contribution in [2.24, 2.45) is 0 Å². The van der Waals surface area contributed by atoms with Crippen molar-refractivity contribution in [2.45, 2.75) is 83.0 Å². The quantitative estimate of drug-likeness (QED) is 0.573. The molecule has 2 nitrogen and oxygen atoms in total. The maximum absolute atomic E-state index is 6.75. The van der Waals surface area contributed by atoms with Gasteiger partial charge in [0.25, 0.3) is 0 Å². The molecule has 1 aromatic carbocycles. The summed E-state index contributed by atoms with van der Waals surface area (Å²) in [5.74, 6) is -0.0511. The van der Waals surface area contributed by atoms with Crippen molar-refractivity contribution in [1.82, 2.24) is 0 Å². The fourth-order valence-electron chi connectivity index (χ4n) is 4.23. The molecule has 2 atom stereocenters. The average molecular weight is 328 g/mol. The van der Waals surface area contributed by atoms with E-state index in [4.69, 9.17) is 9.47 Å². The monoisotopic (exact) mass is 328 g/mol. The highest BCUT2D eigenvalue weighted by Crippen LogP contribution is 2.51. The van der Waals surface area contributed by atoms with Crippen LogP contribution in [0.25, 0.3) is 0 Å². The van der Waals surface area contributed by atoms with Crippen LogP contribution in [0.1, 0.15) is 77.2 Å². The van der Waals surface area contributed by atoms with Gasteiger partial charge in [0.15, 0.2) is 5.79 Å². The third kappa shape index (κ3) is 3.45. The first kappa shape index (κ1) is 17.7. The van der Waals surface area contributed by atoms with Gasteiger partial charge in [-0.3, -0.25) is 0 Å². The van der Waals surface area contributed by atoms with Crippen LogP contribution in [0.15, 0.2) is 42.0 Å². The molecule has 0 N–H and O–H groups in total. The normalized spacial score (nSPS) is 28.5. The maximum Gasteiger partial charge on any atom is 0.192 e. The van der Waals surface area contributed by atoms with Gasteiger partial charge < -0.3 is 9.47 Å². The lowest BCUT2D eigenvalue weighted by atomic mass is 9.89. The molecule has 24 heavy (non-hydrogen) atoms. The van der Waals surface area contributed by atoms with Crippen molar-refractivity contribution in [1.29, 1.82) is 0 Å². The van der Waals surface area contributed by atoms with E-state index in [0.717, 1.165) is 25.9 Å². The Kier molecular flexibility index (Phi) is 5.46. The second-order valence-electron chi connectivity index (χ2n) is 7.58. The molecule has 0 aliphatic carbocycles. The molecule has 0 bridgehead atoms. The summed E-state index contributed by atoms with van der Waals surface area (Å²) < 4.78 is 13.1. The maximum atomic E-state index is 6.75. The van der Waals surface area contributed by atoms with Gasteiger partial charge in [-0.05, 0) is 37.0 Å². The van der Waals surface area contributed by atoms with E-state index in [1.54, 1.807) is 0 Å². The van der Waals surface area contributed by atoms with Crippen LogP contribution in [0, 0.1) is 0 Å². The number of ether oxygens (including phenoxy) is 2. The van der Waals surface area contributed by atoms with E-state index in [1.165, 1.54) is 36.8 Å². The van der Waals surface area contributed by atoms with Crippen LogP contribution in [0.5, 0.6) is 0 Å². The lowest BCUT2D eigenvalue weighted by molar-refractivity contribution is -0.221. The Hall–Kier alpha value is -1.12. The highest BCUT2D eigenvalue weighted by molar-refractivity contribution is 5.29. The predicted molar refractivity (Wildman–Crippen MR) is 99.1 cm³/mol. The average Bonchev–Trinajstić information content (AvgIpc) is 3.15. The molecule has 3 rings (SSSR count). The van der Waals surface area contributed by atoms with Crippen molar-refractivity contribution < 1.29 is 9.47 Å². The Morgan fingerprint density at radius 2 is 1.71 bits per heavy atom. The second-order valence-corrected chi connectivity index (χ2v) is 7.58. The van der Waals surface area contributed by atoms with E-state index in [9.17, 15) is 0 Å². The molecular weight excluding hydrogens is 296 g/mol. The van der Waals surface area contributed by atoms with E-state index in [1.807, 2.05) is 0 Å². The number of benzene rings is 1. The first-order valence-corrected chi connectivity index (χ1v) is 9.72. The zero-order valence-corrected chi connectivity index (χ0v) is 15.5. The zero-order valence-electron chi connectivity index (χ0n) is 15.5. The summed E-state index contributed by atoms with van der Waals surface area (Å²) in [5.41, 5.74) is 2.54. The Morgan fingerprint density at radius 1 is 1.04 bits per heavy atom. The van der Waals surface area contributed by atoms with Gasteiger partial charge in [0.2, 0.25) is 0 Å². The van der Waals surface area contributed by atoms with Gasteiger partial charge in [0.1, 0.15) is 0 Å². The lowest BCUT2D eigenvalue weighted by Gasteiger charge is -2.34. The van der Waals surface area contributed by atoms with Gasteiger partial charge in [-0.15, -0.1) is 0 Å². The molecule has 0 radical (unpaired) electrons. The van der Waals surface area contributed by atoms with Crippen molar-refractivity contribution in [3.05, 3.63) is 47.5 Å². The summed E-state index contributed by atoms with van der Waals surface area (Å²) in [6, 6.07) is 10.7. The fraction of sp³-hybridized carbons (Fsp3) is 0.636. The van der Waals surface area contributed by atoms with Gasteiger partial charge >= 0.3 is 0 Å². The molecular formula is C22H32O2. The minimum Gasteiger partial charge on any atom is -0.345 e. The van der Waals surface area contributed by atoms with Crippen LogP contribution in [-0.2, 0) is 9.47 Å². The first-order chi connectivity index (χ1) is 11.6. The van der Waals surface area contributed by atoms with E-state index >= 15 is 0 Å². The molecule has 0 saturated carbocycles. The van der Waals surface area contributed by atoms with Crippen molar-refractivity contribution >= 4 is 0 Å². The molecule has 2 aliphatic heterocycles. The molecule has 0 aromatic heterocycles. The van der Waals surface area contributed by atoms with Gasteiger partial charge in [0, 0.05) is 12.3 Å². The molecule has 1 saturated heterocycles. The number of hydrogen-bond donors (Lipinski definition) is 0. The number of hydrogen-bond acceptors (Lipinski definition) is 2. The highest BCUT2D eigenvalue weighted by atomic mass is 16.7. The molecule has 2 heterocycles. The minimum absolute atomic E-state index is 0.109. The van der Waals surface area contributed by atoms with Crippen molar-refractivity contribution in [2.75, 3.05) is 6.61 Å². The van der Waals surface area contributed by atoms with Crippen LogP contribution in [-0.4, -0.2) is 18.0 Å². The Morgan fingerprint density at radius 3 is 2.33 bits per heavy atom. The summed E-state index contributed by atoms with van der Waals surface area (Å²) in [6.07, 6.45) is 10.4. The predicted octanol–water partition coefficient (Wildman–Crippen LogP) is 5.98. The van der Waals surface area contributed by atoms with Gasteiger partial charge in [-0.25, -0.2) is 0 Å². The SMILES string of the molecule is CCCCC1(CCCC)C=C(C)C2(CC(c3ccccc3)CO2)O1. The summed E-state index contributed by atoms with van der Waals surface area (Å²) in [7, 11) is 0. The van der Waals surface area contributed by atoms with Crippen molar-refractivity contribution in [3.63, 3.8) is 0 Å². The molecule has 2 unspecified atom stereocenters. The third-order valence-electron chi connectivity index (χ3n) is 5.66. The van der Waals surface area contributed by atoms with E-state index in [-0.39, 0.29) is 5.60 Å². The standard InChI is InChI=1S/C22H32O2/c1-4-6-13-21(14-7-5-2)15-18(3)22(24-21)16-20(17-23-22)19-11-9-8-10-12-19/h8-12,15,20H,4-7,13-14,16-17H2,1-3H3. The van der Waals surface area contributed by atoms with Crippen LogP contribution in [0.3, 0.4) is 0 Å². The minimum atomic E-state index is -0.484. The molecule has 0 amide bonds. The summed E-state index contributed by atoms with van der Waals surface area (Å²) in [5, 5.41) is 0. The molecule has 1 fully saturated rings. The summed E-state index contributed by atoms with van der Waals surface area (Å²) in [4.78, 5) is 0. The first-order valence-electron chi connectivity index (χ1n) is 9.72. The molecule has 1 aromatic rings. The lowest BCUT2D eigenvalue weighted by Crippen LogP contribution is -2.38. The number of rotatable bonds is 7. The topological polar surface area (TPSA) is 18.5 Å². The van der Waals surface area contributed by atoms with Gasteiger partial charge in [0.05, 0.1) is 12.2 Å². The Bertz CT molecular complexity index is 555. The largest absolute Gasteiger partial charge is 0.345 e. The molecule has 2 heteroatoms. The zero-order chi connectivity index (χ0) is 17.0.